The normalized spacial score (nSPS) is 12.9. The number of aromatic amines is 1. The Hall–Kier alpha value is -3.10. The first-order valence-electron chi connectivity index (χ1n) is 9.97. The maximum absolute atomic E-state index is 5.32. The molecule has 3 heterocycles. The van der Waals surface area contributed by atoms with E-state index in [2.05, 4.69) is 63.6 Å². The molecule has 0 fully saturated rings. The third kappa shape index (κ3) is 5.24. The van der Waals surface area contributed by atoms with E-state index in [1.165, 1.54) is 11.3 Å². The first kappa shape index (κ1) is 20.6. The molecule has 1 atom stereocenters. The third-order valence-corrected chi connectivity index (χ3v) is 4.79. The fourth-order valence-electron chi connectivity index (χ4n) is 3.22. The highest BCUT2D eigenvalue weighted by molar-refractivity contribution is 5.80. The van der Waals surface area contributed by atoms with Gasteiger partial charge < -0.3 is 15.1 Å². The highest BCUT2D eigenvalue weighted by Crippen LogP contribution is 2.15. The van der Waals surface area contributed by atoms with Gasteiger partial charge in [0, 0.05) is 38.3 Å². The predicted octanol–water partition coefficient (Wildman–Crippen LogP) is 2.14. The van der Waals surface area contributed by atoms with Crippen LogP contribution in [0.1, 0.15) is 36.6 Å². The minimum Gasteiger partial charge on any atom is -0.461 e. The van der Waals surface area contributed by atoms with Crippen LogP contribution in [0.4, 0.5) is 0 Å². The zero-order valence-corrected chi connectivity index (χ0v) is 17.8. The lowest BCUT2D eigenvalue weighted by molar-refractivity contribution is 0.577. The number of aromatic nitrogens is 5. The molecule has 0 saturated carbocycles. The number of H-pyrrole nitrogens is 1. The molecular formula is C20H30N8O. The summed E-state index contributed by atoms with van der Waals surface area (Å²) >= 11 is 0. The van der Waals surface area contributed by atoms with Gasteiger partial charge in [-0.25, -0.2) is 4.98 Å². The molecule has 3 aromatic heterocycles. The Morgan fingerprint density at radius 3 is 2.86 bits per heavy atom. The van der Waals surface area contributed by atoms with Crippen molar-refractivity contribution in [1.29, 1.82) is 0 Å². The van der Waals surface area contributed by atoms with Crippen molar-refractivity contribution in [1.82, 2.24) is 35.6 Å². The zero-order chi connectivity index (χ0) is 20.8. The van der Waals surface area contributed by atoms with Gasteiger partial charge in [-0.3, -0.25) is 14.8 Å². The van der Waals surface area contributed by atoms with Crippen molar-refractivity contribution in [2.45, 2.75) is 46.6 Å². The van der Waals surface area contributed by atoms with Crippen LogP contribution in [0.3, 0.4) is 0 Å². The molecule has 1 unspecified atom stereocenters. The summed E-state index contributed by atoms with van der Waals surface area (Å²) in [5.74, 6) is 2.80. The van der Waals surface area contributed by atoms with Crippen LogP contribution in [-0.4, -0.2) is 50.1 Å². The average molecular weight is 399 g/mol. The molecule has 3 rings (SSSR count). The second-order valence-corrected chi connectivity index (χ2v) is 7.12. The van der Waals surface area contributed by atoms with Gasteiger partial charge in [0.05, 0.1) is 12.0 Å². The Labute approximate surface area is 171 Å². The second-order valence-electron chi connectivity index (χ2n) is 7.12. The molecule has 0 saturated heterocycles. The van der Waals surface area contributed by atoms with Crippen molar-refractivity contribution in [3.05, 3.63) is 41.2 Å². The van der Waals surface area contributed by atoms with Crippen LogP contribution < -0.4 is 10.6 Å². The number of hydrogen-bond acceptors (Lipinski definition) is 5. The van der Waals surface area contributed by atoms with E-state index < -0.39 is 0 Å². The van der Waals surface area contributed by atoms with Crippen molar-refractivity contribution in [2.24, 2.45) is 12.0 Å². The molecule has 0 radical (unpaired) electrons. The maximum Gasteiger partial charge on any atom is 0.216 e. The van der Waals surface area contributed by atoms with E-state index in [0.29, 0.717) is 24.6 Å². The highest BCUT2D eigenvalue weighted by Gasteiger charge is 2.14. The molecule has 0 amide bonds. The van der Waals surface area contributed by atoms with Gasteiger partial charge in [0.1, 0.15) is 5.82 Å². The highest BCUT2D eigenvalue weighted by atomic mass is 16.3. The smallest absolute Gasteiger partial charge is 0.216 e. The lowest BCUT2D eigenvalue weighted by atomic mass is 10.1. The number of aryl methyl sites for hydroxylation is 2. The molecule has 29 heavy (non-hydrogen) atoms. The van der Waals surface area contributed by atoms with Crippen LogP contribution in [0.5, 0.6) is 0 Å². The standard InChI is InChI=1S/C20H30N8O/c1-6-21-20(23-13(2)12-16-14(3)27-28(5)15(16)4)22-10-9-18-24-19(26-25-18)17-8-7-11-29-17/h7-8,11,13H,6,9-10,12H2,1-5H3,(H2,21,22,23)(H,24,25,26). The van der Waals surface area contributed by atoms with Gasteiger partial charge in [0.15, 0.2) is 11.7 Å². The van der Waals surface area contributed by atoms with Crippen LogP contribution in [0.15, 0.2) is 27.8 Å². The summed E-state index contributed by atoms with van der Waals surface area (Å²) < 4.78 is 7.26. The van der Waals surface area contributed by atoms with E-state index in [1.54, 1.807) is 6.26 Å². The Balaban J connectivity index is 1.56. The number of aliphatic imine (C=N–C) groups is 1. The molecule has 9 heteroatoms. The summed E-state index contributed by atoms with van der Waals surface area (Å²) in [5, 5.41) is 18.4. The first-order valence-corrected chi connectivity index (χ1v) is 9.97. The van der Waals surface area contributed by atoms with E-state index in [9.17, 15) is 0 Å². The number of furan rings is 1. The van der Waals surface area contributed by atoms with Crippen LogP contribution >= 0.6 is 0 Å². The third-order valence-electron chi connectivity index (χ3n) is 4.79. The molecule has 156 valence electrons. The number of guanidine groups is 1. The van der Waals surface area contributed by atoms with Crippen molar-refractivity contribution >= 4 is 5.96 Å². The topological polar surface area (TPSA) is 109 Å². The van der Waals surface area contributed by atoms with Crippen molar-refractivity contribution in [3.8, 4) is 11.6 Å². The molecule has 0 aliphatic carbocycles. The second kappa shape index (κ2) is 9.40. The minimum absolute atomic E-state index is 0.227. The van der Waals surface area contributed by atoms with Crippen molar-refractivity contribution < 1.29 is 4.42 Å². The van der Waals surface area contributed by atoms with E-state index >= 15 is 0 Å². The molecule has 0 bridgehead atoms. The average Bonchev–Trinajstić information content (AvgIpc) is 3.40. The number of rotatable bonds is 8. The van der Waals surface area contributed by atoms with Gasteiger partial charge in [-0.2, -0.15) is 10.2 Å². The Morgan fingerprint density at radius 1 is 1.38 bits per heavy atom. The fraction of sp³-hybridized carbons (Fsp3) is 0.500. The monoisotopic (exact) mass is 398 g/mol. The van der Waals surface area contributed by atoms with Gasteiger partial charge in [0.2, 0.25) is 5.82 Å². The molecule has 3 aromatic rings. The zero-order valence-electron chi connectivity index (χ0n) is 17.8. The molecule has 0 aliphatic rings. The van der Waals surface area contributed by atoms with E-state index in [-0.39, 0.29) is 6.04 Å². The number of nitrogens with zero attached hydrogens (tertiary/aromatic N) is 5. The molecule has 0 aliphatic heterocycles. The molecule has 9 nitrogen and oxygen atoms in total. The summed E-state index contributed by atoms with van der Waals surface area (Å²) in [4.78, 5) is 9.13. The summed E-state index contributed by atoms with van der Waals surface area (Å²) in [6, 6.07) is 3.88. The van der Waals surface area contributed by atoms with E-state index in [1.807, 2.05) is 23.9 Å². The van der Waals surface area contributed by atoms with Gasteiger partial charge >= 0.3 is 0 Å². The summed E-state index contributed by atoms with van der Waals surface area (Å²) in [6.07, 6.45) is 3.17. The van der Waals surface area contributed by atoms with E-state index in [0.717, 1.165) is 30.4 Å². The lowest BCUT2D eigenvalue weighted by Gasteiger charge is -2.18. The molecule has 0 aromatic carbocycles. The summed E-state index contributed by atoms with van der Waals surface area (Å²) in [7, 11) is 1.98. The minimum atomic E-state index is 0.227. The van der Waals surface area contributed by atoms with Crippen molar-refractivity contribution in [2.75, 3.05) is 13.1 Å². The van der Waals surface area contributed by atoms with Gasteiger partial charge in [-0.15, -0.1) is 0 Å². The first-order chi connectivity index (χ1) is 14.0. The Kier molecular flexibility index (Phi) is 6.69. The largest absolute Gasteiger partial charge is 0.461 e. The summed E-state index contributed by atoms with van der Waals surface area (Å²) in [5.41, 5.74) is 3.57. The number of nitrogens with one attached hydrogen (secondary N) is 3. The fourth-order valence-corrected chi connectivity index (χ4v) is 3.22. The molecule has 0 spiro atoms. The van der Waals surface area contributed by atoms with Gasteiger partial charge in [-0.05, 0) is 51.8 Å². The van der Waals surface area contributed by atoms with Crippen molar-refractivity contribution in [3.63, 3.8) is 0 Å². The number of hydrogen-bond donors (Lipinski definition) is 3. The van der Waals surface area contributed by atoms with Crippen LogP contribution in [0, 0.1) is 13.8 Å². The quantitative estimate of drug-likeness (QED) is 0.396. The molecule has 3 N–H and O–H groups in total. The molecular weight excluding hydrogens is 368 g/mol. The Bertz CT molecular complexity index is 938. The lowest BCUT2D eigenvalue weighted by Crippen LogP contribution is -2.43. The van der Waals surface area contributed by atoms with Crippen LogP contribution in [0.25, 0.3) is 11.6 Å². The van der Waals surface area contributed by atoms with Gasteiger partial charge in [0.25, 0.3) is 0 Å². The van der Waals surface area contributed by atoms with Gasteiger partial charge in [-0.1, -0.05) is 0 Å². The maximum atomic E-state index is 5.32. The van der Waals surface area contributed by atoms with Crippen LogP contribution in [-0.2, 0) is 19.9 Å². The van der Waals surface area contributed by atoms with E-state index in [4.69, 9.17) is 4.42 Å². The summed E-state index contributed by atoms with van der Waals surface area (Å²) in [6.45, 7) is 9.78. The van der Waals surface area contributed by atoms with Crippen LogP contribution in [0.2, 0.25) is 0 Å². The predicted molar refractivity (Wildman–Crippen MR) is 113 cm³/mol. The SMILES string of the molecule is CCNC(=NCCc1nc(-c2ccco2)n[nH]1)NC(C)Cc1c(C)nn(C)c1C. The Morgan fingerprint density at radius 2 is 2.21 bits per heavy atom.